The van der Waals surface area contributed by atoms with E-state index in [1.54, 1.807) is 0 Å². The molecule has 0 aliphatic carbocycles. The first-order valence-corrected chi connectivity index (χ1v) is 4.47. The van der Waals surface area contributed by atoms with Gasteiger partial charge >= 0.3 is 0 Å². The Kier molecular flexibility index (Phi) is 3.48. The van der Waals surface area contributed by atoms with E-state index in [2.05, 4.69) is 4.98 Å². The lowest BCUT2D eigenvalue weighted by Gasteiger charge is -2.05. The molecule has 1 aromatic rings. The molecular weight excluding hydrogens is 296 g/mol. The Morgan fingerprint density at radius 2 is 2.15 bits per heavy atom. The number of halogens is 4. The smallest absolute Gasteiger partial charge is 0.281 e. The number of nitrogens with two attached hydrogens (primary N) is 1. The zero-order valence-electron chi connectivity index (χ0n) is 6.40. The van der Waals surface area contributed by atoms with Crippen LogP contribution in [0.2, 0.25) is 0 Å². The van der Waals surface area contributed by atoms with Crippen LogP contribution in [0, 0.1) is 9.39 Å². The maximum absolute atomic E-state index is 13.0. The molecule has 0 atom stereocenters. The molecule has 1 aromatic heterocycles. The summed E-state index contributed by atoms with van der Waals surface area (Å²) in [5.41, 5.74) is 4.75. The first kappa shape index (κ1) is 10.7. The quantitative estimate of drug-likeness (QED) is 0.851. The highest BCUT2D eigenvalue weighted by atomic mass is 127. The van der Waals surface area contributed by atoms with Gasteiger partial charge in [0.2, 0.25) is 0 Å². The van der Waals surface area contributed by atoms with Crippen molar-refractivity contribution in [3.8, 4) is 0 Å². The standard InChI is InChI=1S/C7H6F3IN2/c8-4-1-3(2-12)13-6(5(4)11)7(9)10/h1,7H,2,12H2. The number of hydrogen-bond donors (Lipinski definition) is 1. The van der Waals surface area contributed by atoms with Gasteiger partial charge in [-0.3, -0.25) is 0 Å². The van der Waals surface area contributed by atoms with Crippen LogP contribution < -0.4 is 5.73 Å². The van der Waals surface area contributed by atoms with Crippen molar-refractivity contribution in [3.05, 3.63) is 26.8 Å². The third-order valence-corrected chi connectivity index (χ3v) is 2.48. The summed E-state index contributed by atoms with van der Waals surface area (Å²) in [6, 6.07) is 1.06. The summed E-state index contributed by atoms with van der Waals surface area (Å²) < 4.78 is 37.3. The van der Waals surface area contributed by atoms with E-state index < -0.39 is 17.9 Å². The van der Waals surface area contributed by atoms with Gasteiger partial charge in [0.25, 0.3) is 6.43 Å². The first-order valence-electron chi connectivity index (χ1n) is 3.39. The Bertz CT molecular complexity index is 317. The van der Waals surface area contributed by atoms with E-state index in [-0.39, 0.29) is 15.8 Å². The molecule has 0 saturated carbocycles. The summed E-state index contributed by atoms with van der Waals surface area (Å²) >= 11 is 1.49. The zero-order valence-corrected chi connectivity index (χ0v) is 8.56. The number of rotatable bonds is 2. The predicted molar refractivity (Wildman–Crippen MR) is 49.8 cm³/mol. The molecule has 0 radical (unpaired) electrons. The molecule has 0 fully saturated rings. The molecule has 0 aliphatic rings. The third kappa shape index (κ3) is 2.31. The molecule has 1 rings (SSSR count). The van der Waals surface area contributed by atoms with E-state index in [0.29, 0.717) is 0 Å². The van der Waals surface area contributed by atoms with Crippen LogP contribution in [0.25, 0.3) is 0 Å². The summed E-state index contributed by atoms with van der Waals surface area (Å²) in [4.78, 5) is 3.53. The van der Waals surface area contributed by atoms with Crippen LogP contribution in [0.1, 0.15) is 17.8 Å². The summed E-state index contributed by atoms with van der Waals surface area (Å²) in [6.45, 7) is -0.0481. The average molecular weight is 302 g/mol. The zero-order chi connectivity index (χ0) is 10.0. The van der Waals surface area contributed by atoms with Crippen LogP contribution in [-0.2, 0) is 6.54 Å². The second-order valence-electron chi connectivity index (χ2n) is 2.30. The normalized spacial score (nSPS) is 10.9. The Labute approximate surface area is 86.5 Å². The van der Waals surface area contributed by atoms with Gasteiger partial charge in [0.1, 0.15) is 11.5 Å². The summed E-state index contributed by atoms with van der Waals surface area (Å²) in [6.07, 6.45) is -2.77. The largest absolute Gasteiger partial charge is 0.325 e. The van der Waals surface area contributed by atoms with Crippen molar-refractivity contribution in [1.82, 2.24) is 4.98 Å². The molecule has 2 N–H and O–H groups in total. The molecule has 0 aliphatic heterocycles. The number of hydrogen-bond acceptors (Lipinski definition) is 2. The van der Waals surface area contributed by atoms with Gasteiger partial charge in [0.05, 0.1) is 9.26 Å². The molecular formula is C7H6F3IN2. The van der Waals surface area contributed by atoms with Crippen LogP contribution in [0.3, 0.4) is 0 Å². The Hall–Kier alpha value is -0.370. The maximum atomic E-state index is 13.0. The number of aromatic nitrogens is 1. The fourth-order valence-electron chi connectivity index (χ4n) is 0.817. The minimum absolute atomic E-state index is 0.0481. The number of nitrogens with zero attached hydrogens (tertiary/aromatic N) is 1. The first-order chi connectivity index (χ1) is 6.06. The van der Waals surface area contributed by atoms with E-state index in [9.17, 15) is 13.2 Å². The van der Waals surface area contributed by atoms with Gasteiger partial charge < -0.3 is 5.73 Å². The average Bonchev–Trinajstić information content (AvgIpc) is 2.09. The Morgan fingerprint density at radius 3 is 2.62 bits per heavy atom. The molecule has 13 heavy (non-hydrogen) atoms. The van der Waals surface area contributed by atoms with E-state index in [1.165, 1.54) is 22.6 Å². The predicted octanol–water partition coefficient (Wildman–Crippen LogP) is 2.22. The van der Waals surface area contributed by atoms with Gasteiger partial charge in [0.15, 0.2) is 0 Å². The van der Waals surface area contributed by atoms with E-state index in [4.69, 9.17) is 5.73 Å². The van der Waals surface area contributed by atoms with Crippen LogP contribution in [-0.4, -0.2) is 4.98 Å². The lowest BCUT2D eigenvalue weighted by Crippen LogP contribution is -2.06. The SMILES string of the molecule is NCc1cc(F)c(I)c(C(F)F)n1. The second-order valence-corrected chi connectivity index (χ2v) is 3.38. The van der Waals surface area contributed by atoms with Gasteiger partial charge in [-0.1, -0.05) is 0 Å². The van der Waals surface area contributed by atoms with Crippen LogP contribution in [0.4, 0.5) is 13.2 Å². The van der Waals surface area contributed by atoms with E-state index in [0.717, 1.165) is 6.07 Å². The molecule has 0 bridgehead atoms. The number of pyridine rings is 1. The van der Waals surface area contributed by atoms with Crippen molar-refractivity contribution in [2.45, 2.75) is 13.0 Å². The van der Waals surface area contributed by atoms with Gasteiger partial charge in [0, 0.05) is 6.54 Å². The van der Waals surface area contributed by atoms with Crippen LogP contribution in [0.15, 0.2) is 6.07 Å². The number of alkyl halides is 2. The summed E-state index contributed by atoms with van der Waals surface area (Å²) in [5.74, 6) is -0.702. The third-order valence-electron chi connectivity index (χ3n) is 1.41. The topological polar surface area (TPSA) is 38.9 Å². The van der Waals surface area contributed by atoms with Gasteiger partial charge in [-0.2, -0.15) is 0 Å². The minimum atomic E-state index is -2.77. The monoisotopic (exact) mass is 302 g/mol. The van der Waals surface area contributed by atoms with Gasteiger partial charge in [-0.05, 0) is 28.7 Å². The highest BCUT2D eigenvalue weighted by Gasteiger charge is 2.17. The highest BCUT2D eigenvalue weighted by Crippen LogP contribution is 2.24. The maximum Gasteiger partial charge on any atom is 0.281 e. The molecule has 0 aromatic carbocycles. The van der Waals surface area contributed by atoms with Crippen molar-refractivity contribution >= 4 is 22.6 Å². The molecule has 2 nitrogen and oxygen atoms in total. The van der Waals surface area contributed by atoms with E-state index >= 15 is 0 Å². The Balaban J connectivity index is 3.25. The summed E-state index contributed by atoms with van der Waals surface area (Å²) in [5, 5.41) is 0. The van der Waals surface area contributed by atoms with Crippen molar-refractivity contribution < 1.29 is 13.2 Å². The van der Waals surface area contributed by atoms with E-state index in [1.807, 2.05) is 0 Å². The molecule has 0 amide bonds. The lowest BCUT2D eigenvalue weighted by molar-refractivity contribution is 0.144. The molecule has 0 spiro atoms. The molecule has 0 unspecified atom stereocenters. The molecule has 0 saturated heterocycles. The summed E-state index contributed by atoms with van der Waals surface area (Å²) in [7, 11) is 0. The van der Waals surface area contributed by atoms with Crippen molar-refractivity contribution in [2.24, 2.45) is 5.73 Å². The van der Waals surface area contributed by atoms with Gasteiger partial charge in [-0.25, -0.2) is 18.2 Å². The Morgan fingerprint density at radius 1 is 1.54 bits per heavy atom. The molecule has 72 valence electrons. The van der Waals surface area contributed by atoms with Crippen molar-refractivity contribution in [2.75, 3.05) is 0 Å². The lowest BCUT2D eigenvalue weighted by atomic mass is 10.3. The van der Waals surface area contributed by atoms with Crippen molar-refractivity contribution in [1.29, 1.82) is 0 Å². The van der Waals surface area contributed by atoms with Crippen LogP contribution >= 0.6 is 22.6 Å². The van der Waals surface area contributed by atoms with Gasteiger partial charge in [-0.15, -0.1) is 0 Å². The van der Waals surface area contributed by atoms with Crippen molar-refractivity contribution in [3.63, 3.8) is 0 Å². The minimum Gasteiger partial charge on any atom is -0.325 e. The fourth-order valence-corrected chi connectivity index (χ4v) is 1.33. The molecule has 6 heteroatoms. The highest BCUT2D eigenvalue weighted by molar-refractivity contribution is 14.1. The fraction of sp³-hybridized carbons (Fsp3) is 0.286. The second kappa shape index (κ2) is 4.23. The molecule has 1 heterocycles. The van der Waals surface area contributed by atoms with Crippen LogP contribution in [0.5, 0.6) is 0 Å².